The van der Waals surface area contributed by atoms with Gasteiger partial charge in [0.15, 0.2) is 0 Å². The fourth-order valence-corrected chi connectivity index (χ4v) is 4.07. The number of carbonyl (C=O) groups is 1. The number of hydrogen-bond acceptors (Lipinski definition) is 3. The van der Waals surface area contributed by atoms with E-state index in [0.717, 1.165) is 31.8 Å². The number of fused-ring (bicyclic) bond motifs is 1. The van der Waals surface area contributed by atoms with E-state index in [0.29, 0.717) is 23.2 Å². The van der Waals surface area contributed by atoms with Crippen molar-refractivity contribution in [3.8, 4) is 6.07 Å². The van der Waals surface area contributed by atoms with E-state index in [1.807, 2.05) is 11.0 Å². The van der Waals surface area contributed by atoms with Crippen molar-refractivity contribution in [3.63, 3.8) is 0 Å². The molecule has 2 aliphatic heterocycles. The van der Waals surface area contributed by atoms with Crippen molar-refractivity contribution in [2.24, 2.45) is 5.92 Å². The first-order valence-corrected chi connectivity index (χ1v) is 8.31. The maximum Gasteiger partial charge on any atom is 0.254 e. The minimum Gasteiger partial charge on any atom is -0.334 e. The summed E-state index contributed by atoms with van der Waals surface area (Å²) < 4.78 is 0. The molecule has 3 aliphatic rings. The fourth-order valence-electron chi connectivity index (χ4n) is 4.07. The van der Waals surface area contributed by atoms with Crippen molar-refractivity contribution in [2.45, 2.75) is 37.8 Å². The van der Waals surface area contributed by atoms with E-state index in [2.05, 4.69) is 11.0 Å². The topological polar surface area (TPSA) is 47.3 Å². The van der Waals surface area contributed by atoms with Gasteiger partial charge < -0.3 is 4.90 Å². The first-order valence-electron chi connectivity index (χ1n) is 8.31. The molecule has 1 aromatic rings. The van der Waals surface area contributed by atoms with Crippen molar-refractivity contribution in [1.82, 2.24) is 9.80 Å². The smallest absolute Gasteiger partial charge is 0.254 e. The zero-order chi connectivity index (χ0) is 15.1. The van der Waals surface area contributed by atoms with Gasteiger partial charge in [-0.1, -0.05) is 6.07 Å². The van der Waals surface area contributed by atoms with Crippen LogP contribution in [0.25, 0.3) is 0 Å². The van der Waals surface area contributed by atoms with Crippen LogP contribution in [0.3, 0.4) is 0 Å². The predicted molar refractivity (Wildman–Crippen MR) is 83.3 cm³/mol. The summed E-state index contributed by atoms with van der Waals surface area (Å²) in [5.74, 6) is 1.01. The van der Waals surface area contributed by atoms with Crippen LogP contribution in [-0.2, 0) is 0 Å². The van der Waals surface area contributed by atoms with Gasteiger partial charge in [-0.3, -0.25) is 9.69 Å². The molecule has 0 unspecified atom stereocenters. The largest absolute Gasteiger partial charge is 0.334 e. The summed E-state index contributed by atoms with van der Waals surface area (Å²) in [5.41, 5.74) is 1.21. The molecule has 4 nitrogen and oxygen atoms in total. The second-order valence-corrected chi connectivity index (χ2v) is 6.84. The van der Waals surface area contributed by atoms with Gasteiger partial charge >= 0.3 is 0 Å². The van der Waals surface area contributed by atoms with E-state index in [-0.39, 0.29) is 5.91 Å². The first-order chi connectivity index (χ1) is 10.8. The lowest BCUT2D eigenvalue weighted by atomic mass is 10.1. The third-order valence-electron chi connectivity index (χ3n) is 5.38. The molecule has 0 bridgehead atoms. The molecule has 22 heavy (non-hydrogen) atoms. The summed E-state index contributed by atoms with van der Waals surface area (Å²) in [4.78, 5) is 17.5. The van der Waals surface area contributed by atoms with Crippen LogP contribution in [0.1, 0.15) is 41.6 Å². The Morgan fingerprint density at radius 2 is 2.00 bits per heavy atom. The summed E-state index contributed by atoms with van der Waals surface area (Å²) in [5, 5.41) is 9.00. The number of benzene rings is 1. The average Bonchev–Trinajstić information content (AvgIpc) is 3.13. The van der Waals surface area contributed by atoms with E-state index >= 15 is 0 Å². The molecular formula is C18H21N3O. The molecule has 0 aromatic heterocycles. The summed E-state index contributed by atoms with van der Waals surface area (Å²) in [6, 6.07) is 10.1. The molecular weight excluding hydrogens is 274 g/mol. The third kappa shape index (κ3) is 2.40. The molecule has 3 fully saturated rings. The van der Waals surface area contributed by atoms with Crippen LogP contribution in [-0.4, -0.2) is 47.4 Å². The maximum absolute atomic E-state index is 12.8. The highest BCUT2D eigenvalue weighted by atomic mass is 16.2. The van der Waals surface area contributed by atoms with Crippen LogP contribution in [0.15, 0.2) is 24.3 Å². The monoisotopic (exact) mass is 295 g/mol. The van der Waals surface area contributed by atoms with Crippen molar-refractivity contribution in [2.75, 3.05) is 19.6 Å². The molecule has 114 valence electrons. The Kier molecular flexibility index (Phi) is 3.38. The number of amides is 1. The molecule has 2 saturated heterocycles. The SMILES string of the molecule is N#Cc1cccc(C(=O)N2CC[C@H]3[C@H]2CCN3CC2CC2)c1. The number of rotatable bonds is 3. The number of carbonyl (C=O) groups excluding carboxylic acids is 1. The lowest BCUT2D eigenvalue weighted by Crippen LogP contribution is -2.40. The lowest BCUT2D eigenvalue weighted by molar-refractivity contribution is 0.0732. The molecule has 2 atom stereocenters. The quantitative estimate of drug-likeness (QED) is 0.859. The van der Waals surface area contributed by atoms with Gasteiger partial charge in [0.1, 0.15) is 0 Å². The molecule has 0 N–H and O–H groups in total. The van der Waals surface area contributed by atoms with Gasteiger partial charge in [-0.05, 0) is 49.8 Å². The highest BCUT2D eigenvalue weighted by Gasteiger charge is 2.45. The summed E-state index contributed by atoms with van der Waals surface area (Å²) in [6.07, 6.45) is 4.97. The Bertz CT molecular complexity index is 631. The van der Waals surface area contributed by atoms with E-state index in [1.54, 1.807) is 18.2 Å². The third-order valence-corrected chi connectivity index (χ3v) is 5.38. The maximum atomic E-state index is 12.8. The summed E-state index contributed by atoms with van der Waals surface area (Å²) >= 11 is 0. The van der Waals surface area contributed by atoms with E-state index < -0.39 is 0 Å². The zero-order valence-corrected chi connectivity index (χ0v) is 12.7. The van der Waals surface area contributed by atoms with Gasteiger partial charge in [0.2, 0.25) is 0 Å². The van der Waals surface area contributed by atoms with Gasteiger partial charge in [-0.15, -0.1) is 0 Å². The number of nitrogens with zero attached hydrogens (tertiary/aromatic N) is 3. The normalized spacial score (nSPS) is 27.7. The number of hydrogen-bond donors (Lipinski definition) is 0. The Labute approximate surface area is 131 Å². The van der Waals surface area contributed by atoms with Gasteiger partial charge in [0.25, 0.3) is 5.91 Å². The average molecular weight is 295 g/mol. The molecule has 1 aliphatic carbocycles. The highest BCUT2D eigenvalue weighted by molar-refractivity contribution is 5.95. The van der Waals surface area contributed by atoms with Crippen LogP contribution in [0, 0.1) is 17.2 Å². The molecule has 4 rings (SSSR count). The Morgan fingerprint density at radius 1 is 1.18 bits per heavy atom. The molecule has 0 radical (unpaired) electrons. The Balaban J connectivity index is 1.49. The fraction of sp³-hybridized carbons (Fsp3) is 0.556. The van der Waals surface area contributed by atoms with Crippen molar-refractivity contribution < 1.29 is 4.79 Å². The van der Waals surface area contributed by atoms with E-state index in [1.165, 1.54) is 19.4 Å². The second-order valence-electron chi connectivity index (χ2n) is 6.84. The minimum absolute atomic E-state index is 0.0953. The first kappa shape index (κ1) is 13.8. The second kappa shape index (κ2) is 5.40. The van der Waals surface area contributed by atoms with E-state index in [4.69, 9.17) is 5.26 Å². The molecule has 1 amide bonds. The molecule has 0 spiro atoms. The molecule has 1 aromatic carbocycles. The van der Waals surface area contributed by atoms with E-state index in [9.17, 15) is 4.79 Å². The van der Waals surface area contributed by atoms with Gasteiger partial charge in [0.05, 0.1) is 11.6 Å². The van der Waals surface area contributed by atoms with Crippen molar-refractivity contribution in [1.29, 1.82) is 5.26 Å². The summed E-state index contributed by atoms with van der Waals surface area (Å²) in [7, 11) is 0. The molecule has 4 heteroatoms. The minimum atomic E-state index is 0.0953. The van der Waals surface area contributed by atoms with Gasteiger partial charge in [0, 0.05) is 37.3 Å². The summed E-state index contributed by atoms with van der Waals surface area (Å²) in [6.45, 7) is 3.22. The Hall–Kier alpha value is -1.86. The highest BCUT2D eigenvalue weighted by Crippen LogP contribution is 2.37. The van der Waals surface area contributed by atoms with Crippen molar-refractivity contribution >= 4 is 5.91 Å². The van der Waals surface area contributed by atoms with Crippen LogP contribution in [0.2, 0.25) is 0 Å². The molecule has 2 heterocycles. The van der Waals surface area contributed by atoms with Crippen molar-refractivity contribution in [3.05, 3.63) is 35.4 Å². The van der Waals surface area contributed by atoms with Crippen LogP contribution < -0.4 is 0 Å². The van der Waals surface area contributed by atoms with Crippen LogP contribution >= 0.6 is 0 Å². The van der Waals surface area contributed by atoms with Crippen LogP contribution in [0.4, 0.5) is 0 Å². The van der Waals surface area contributed by atoms with Gasteiger partial charge in [-0.25, -0.2) is 0 Å². The number of likely N-dealkylation sites (tertiary alicyclic amines) is 2. The predicted octanol–water partition coefficient (Wildman–Crippen LogP) is 2.26. The Morgan fingerprint density at radius 3 is 2.77 bits per heavy atom. The molecule has 1 saturated carbocycles. The number of nitriles is 1. The van der Waals surface area contributed by atoms with Gasteiger partial charge in [-0.2, -0.15) is 5.26 Å². The lowest BCUT2D eigenvalue weighted by Gasteiger charge is -2.25. The zero-order valence-electron chi connectivity index (χ0n) is 12.7. The standard InChI is InChI=1S/C18H21N3O/c19-11-14-2-1-3-15(10-14)18(22)21-9-7-16-17(21)6-8-20(16)12-13-4-5-13/h1-3,10,13,16-17H,4-9,12H2/t16-,17+/m0/s1. The van der Waals surface area contributed by atoms with Crippen LogP contribution in [0.5, 0.6) is 0 Å².